The number of rotatable bonds is 6. The van der Waals surface area contributed by atoms with Crippen LogP contribution in [-0.4, -0.2) is 23.0 Å². The van der Waals surface area contributed by atoms with E-state index in [1.807, 2.05) is 48.5 Å². The summed E-state index contributed by atoms with van der Waals surface area (Å²) in [5.74, 6) is -1.43. The van der Waals surface area contributed by atoms with Gasteiger partial charge in [-0.05, 0) is 34.0 Å². The molecule has 5 heteroatoms. The molecule has 2 N–H and O–H groups in total. The summed E-state index contributed by atoms with van der Waals surface area (Å²) >= 11 is 0. The fraction of sp³-hybridized carbons (Fsp3) is 0.136. The van der Waals surface area contributed by atoms with Gasteiger partial charge in [0, 0.05) is 6.42 Å². The minimum atomic E-state index is -1.09. The number of amides is 1. The molecular weight excluding hydrogens is 340 g/mol. The van der Waals surface area contributed by atoms with Crippen molar-refractivity contribution in [3.63, 3.8) is 0 Å². The van der Waals surface area contributed by atoms with Gasteiger partial charge in [0.1, 0.15) is 6.04 Å². The zero-order valence-electron chi connectivity index (χ0n) is 14.6. The van der Waals surface area contributed by atoms with Gasteiger partial charge in [-0.3, -0.25) is 4.79 Å². The highest BCUT2D eigenvalue weighted by Crippen LogP contribution is 2.16. The molecule has 3 aromatic rings. The minimum Gasteiger partial charge on any atom is -0.480 e. The molecule has 0 saturated carbocycles. The first-order valence-corrected chi connectivity index (χ1v) is 8.54. The first kappa shape index (κ1) is 18.2. The number of fused-ring (bicyclic) bond motifs is 1. The molecule has 0 heterocycles. The predicted molar refractivity (Wildman–Crippen MR) is 102 cm³/mol. The Morgan fingerprint density at radius 1 is 0.963 bits per heavy atom. The van der Waals surface area contributed by atoms with E-state index in [1.54, 1.807) is 24.3 Å². The third-order valence-electron chi connectivity index (χ3n) is 4.33. The summed E-state index contributed by atoms with van der Waals surface area (Å²) < 4.78 is 0. The molecule has 0 aliphatic rings. The van der Waals surface area contributed by atoms with Gasteiger partial charge in [0.25, 0.3) is 0 Å². The number of aliphatic carboxylic acids is 1. The van der Waals surface area contributed by atoms with Crippen molar-refractivity contribution in [3.8, 4) is 6.07 Å². The number of nitrogens with one attached hydrogen (secondary N) is 1. The lowest BCUT2D eigenvalue weighted by Crippen LogP contribution is -2.43. The normalized spacial score (nSPS) is 11.5. The zero-order chi connectivity index (χ0) is 19.2. The molecule has 1 atom stereocenters. The van der Waals surface area contributed by atoms with Crippen LogP contribution < -0.4 is 5.32 Å². The maximum absolute atomic E-state index is 12.3. The number of hydrogen-bond donors (Lipinski definition) is 2. The van der Waals surface area contributed by atoms with E-state index in [0.717, 1.165) is 21.9 Å². The molecule has 3 rings (SSSR count). The Morgan fingerprint density at radius 2 is 1.63 bits per heavy atom. The highest BCUT2D eigenvalue weighted by Gasteiger charge is 2.20. The van der Waals surface area contributed by atoms with Crippen LogP contribution in [0, 0.1) is 11.3 Å². The topological polar surface area (TPSA) is 90.2 Å². The van der Waals surface area contributed by atoms with Crippen molar-refractivity contribution in [2.24, 2.45) is 0 Å². The summed E-state index contributed by atoms with van der Waals surface area (Å²) in [5, 5.41) is 23.0. The lowest BCUT2D eigenvalue weighted by Gasteiger charge is -2.15. The number of carbonyl (C=O) groups is 2. The van der Waals surface area contributed by atoms with Gasteiger partial charge in [0.05, 0.1) is 18.1 Å². The van der Waals surface area contributed by atoms with Gasteiger partial charge in [-0.1, -0.05) is 54.6 Å². The van der Waals surface area contributed by atoms with E-state index in [-0.39, 0.29) is 18.7 Å². The summed E-state index contributed by atoms with van der Waals surface area (Å²) in [6, 6.07) is 21.3. The molecule has 0 saturated heterocycles. The van der Waals surface area contributed by atoms with Crippen LogP contribution in [0.4, 0.5) is 0 Å². The lowest BCUT2D eigenvalue weighted by atomic mass is 10.0. The Labute approximate surface area is 156 Å². The molecule has 0 aromatic heterocycles. The quantitative estimate of drug-likeness (QED) is 0.708. The Morgan fingerprint density at radius 3 is 2.30 bits per heavy atom. The average molecular weight is 358 g/mol. The van der Waals surface area contributed by atoms with Crippen molar-refractivity contribution in [2.45, 2.75) is 18.9 Å². The first-order valence-electron chi connectivity index (χ1n) is 8.54. The second-order valence-corrected chi connectivity index (χ2v) is 6.33. The van der Waals surface area contributed by atoms with Crippen LogP contribution in [0.3, 0.4) is 0 Å². The molecule has 27 heavy (non-hydrogen) atoms. The summed E-state index contributed by atoms with van der Waals surface area (Å²) in [4.78, 5) is 23.9. The second kappa shape index (κ2) is 8.15. The monoisotopic (exact) mass is 358 g/mol. The van der Waals surface area contributed by atoms with E-state index in [2.05, 4.69) is 5.32 Å². The van der Waals surface area contributed by atoms with Crippen LogP contribution in [0.2, 0.25) is 0 Å². The molecular formula is C22H18N2O3. The lowest BCUT2D eigenvalue weighted by molar-refractivity contribution is -0.141. The van der Waals surface area contributed by atoms with E-state index in [9.17, 15) is 14.7 Å². The number of carboxylic acid groups (broad SMARTS) is 1. The van der Waals surface area contributed by atoms with Crippen molar-refractivity contribution in [1.29, 1.82) is 5.26 Å². The smallest absolute Gasteiger partial charge is 0.326 e. The third kappa shape index (κ3) is 4.71. The highest BCUT2D eigenvalue weighted by atomic mass is 16.4. The SMILES string of the molecule is N#Cc1ccc(C[C@H](NC(=O)Cc2ccc3ccccc3c2)C(=O)O)cc1. The Hall–Kier alpha value is -3.65. The van der Waals surface area contributed by atoms with Crippen molar-refractivity contribution in [2.75, 3.05) is 0 Å². The standard InChI is InChI=1S/C22H18N2O3/c23-14-16-7-5-15(6-8-16)12-20(22(26)27)24-21(25)13-17-9-10-18-3-1-2-4-19(18)11-17/h1-11,20H,12-13H2,(H,24,25)(H,26,27)/t20-/m0/s1. The number of carboxylic acids is 1. The largest absolute Gasteiger partial charge is 0.480 e. The molecule has 5 nitrogen and oxygen atoms in total. The summed E-state index contributed by atoms with van der Waals surface area (Å²) in [5.41, 5.74) is 2.08. The maximum atomic E-state index is 12.3. The third-order valence-corrected chi connectivity index (χ3v) is 4.33. The Balaban J connectivity index is 1.66. The van der Waals surface area contributed by atoms with Crippen LogP contribution in [0.1, 0.15) is 16.7 Å². The van der Waals surface area contributed by atoms with E-state index < -0.39 is 12.0 Å². The van der Waals surface area contributed by atoms with E-state index in [1.165, 1.54) is 0 Å². The molecule has 134 valence electrons. The van der Waals surface area contributed by atoms with Gasteiger partial charge >= 0.3 is 5.97 Å². The van der Waals surface area contributed by atoms with Crippen molar-refractivity contribution < 1.29 is 14.7 Å². The number of nitrogens with zero attached hydrogens (tertiary/aromatic N) is 1. The number of carbonyl (C=O) groups excluding carboxylic acids is 1. The fourth-order valence-corrected chi connectivity index (χ4v) is 2.93. The molecule has 0 aliphatic heterocycles. The Kier molecular flexibility index (Phi) is 5.48. The Bertz CT molecular complexity index is 1020. The number of nitriles is 1. The summed E-state index contributed by atoms with van der Waals surface area (Å²) in [6.07, 6.45) is 0.270. The van der Waals surface area contributed by atoms with Crippen LogP contribution in [0.5, 0.6) is 0 Å². The van der Waals surface area contributed by atoms with Gasteiger partial charge in [-0.15, -0.1) is 0 Å². The fourth-order valence-electron chi connectivity index (χ4n) is 2.93. The molecule has 0 spiro atoms. The van der Waals surface area contributed by atoms with Gasteiger partial charge in [0.15, 0.2) is 0 Å². The maximum Gasteiger partial charge on any atom is 0.326 e. The van der Waals surface area contributed by atoms with E-state index >= 15 is 0 Å². The van der Waals surface area contributed by atoms with Gasteiger partial charge in [0.2, 0.25) is 5.91 Å². The van der Waals surface area contributed by atoms with Gasteiger partial charge in [-0.2, -0.15) is 5.26 Å². The van der Waals surface area contributed by atoms with Gasteiger partial charge < -0.3 is 10.4 Å². The zero-order valence-corrected chi connectivity index (χ0v) is 14.6. The molecule has 1 amide bonds. The number of benzene rings is 3. The summed E-state index contributed by atoms with van der Waals surface area (Å²) in [6.45, 7) is 0. The number of hydrogen-bond acceptors (Lipinski definition) is 3. The van der Waals surface area contributed by atoms with Crippen molar-refractivity contribution in [1.82, 2.24) is 5.32 Å². The van der Waals surface area contributed by atoms with Crippen molar-refractivity contribution >= 4 is 22.6 Å². The second-order valence-electron chi connectivity index (χ2n) is 6.33. The average Bonchev–Trinajstić information content (AvgIpc) is 2.68. The minimum absolute atomic E-state index is 0.113. The van der Waals surface area contributed by atoms with Crippen LogP contribution in [-0.2, 0) is 22.4 Å². The van der Waals surface area contributed by atoms with Crippen LogP contribution in [0.15, 0.2) is 66.7 Å². The highest BCUT2D eigenvalue weighted by molar-refractivity contribution is 5.87. The van der Waals surface area contributed by atoms with Crippen molar-refractivity contribution in [3.05, 3.63) is 83.4 Å². The molecule has 0 fully saturated rings. The predicted octanol–water partition coefficient (Wildman–Crippen LogP) is 3.07. The molecule has 0 bridgehead atoms. The first-order chi connectivity index (χ1) is 13.0. The molecule has 0 aliphatic carbocycles. The van der Waals surface area contributed by atoms with Crippen LogP contribution in [0.25, 0.3) is 10.8 Å². The molecule has 3 aromatic carbocycles. The van der Waals surface area contributed by atoms with Crippen LogP contribution >= 0.6 is 0 Å². The van der Waals surface area contributed by atoms with Gasteiger partial charge in [-0.25, -0.2) is 4.79 Å². The van der Waals surface area contributed by atoms with E-state index in [0.29, 0.717) is 5.56 Å². The summed E-state index contributed by atoms with van der Waals surface area (Å²) in [7, 11) is 0. The molecule has 0 unspecified atom stereocenters. The van der Waals surface area contributed by atoms with E-state index in [4.69, 9.17) is 5.26 Å². The molecule has 0 radical (unpaired) electrons.